The van der Waals surface area contributed by atoms with Gasteiger partial charge in [0.05, 0.1) is 0 Å². The molecular formula is C9H13N. The van der Waals surface area contributed by atoms with Crippen molar-refractivity contribution in [2.24, 2.45) is 0 Å². The average Bonchev–Trinajstić information content (AvgIpc) is 2.34. The Morgan fingerprint density at radius 3 is 3.10 bits per heavy atom. The maximum absolute atomic E-state index is 2.39. The van der Waals surface area contributed by atoms with Crippen molar-refractivity contribution in [1.29, 1.82) is 0 Å². The van der Waals surface area contributed by atoms with Gasteiger partial charge in [0.25, 0.3) is 0 Å². The van der Waals surface area contributed by atoms with Crippen LogP contribution < -0.4 is 0 Å². The molecule has 0 N–H and O–H groups in total. The smallest absolute Gasteiger partial charge is 0.0213 e. The molecule has 2 rings (SSSR count). The predicted molar refractivity (Wildman–Crippen MR) is 42.6 cm³/mol. The molecule has 0 radical (unpaired) electrons. The molecule has 0 atom stereocenters. The van der Waals surface area contributed by atoms with E-state index in [0.29, 0.717) is 0 Å². The van der Waals surface area contributed by atoms with Crippen LogP contribution in [0, 0.1) is 0 Å². The fourth-order valence-electron chi connectivity index (χ4n) is 1.79. The number of rotatable bonds is 0. The van der Waals surface area contributed by atoms with Crippen molar-refractivity contribution in [3.8, 4) is 0 Å². The van der Waals surface area contributed by atoms with E-state index in [1.165, 1.54) is 25.8 Å². The average molecular weight is 135 g/mol. The lowest BCUT2D eigenvalue weighted by Crippen LogP contribution is -2.13. The van der Waals surface area contributed by atoms with E-state index in [1.54, 1.807) is 11.3 Å². The summed E-state index contributed by atoms with van der Waals surface area (Å²) in [6, 6.07) is 0. The topological polar surface area (TPSA) is 3.24 Å². The maximum atomic E-state index is 2.39. The Balaban J connectivity index is 2.29. The van der Waals surface area contributed by atoms with E-state index >= 15 is 0 Å². The van der Waals surface area contributed by atoms with Crippen LogP contribution in [-0.2, 0) is 0 Å². The van der Waals surface area contributed by atoms with Gasteiger partial charge in [-0.15, -0.1) is 0 Å². The molecule has 1 heteroatoms. The van der Waals surface area contributed by atoms with Gasteiger partial charge in [0.2, 0.25) is 0 Å². The first-order valence-electron chi connectivity index (χ1n) is 3.97. The van der Waals surface area contributed by atoms with E-state index in [2.05, 4.69) is 24.1 Å². The van der Waals surface area contributed by atoms with E-state index < -0.39 is 0 Å². The Labute approximate surface area is 62.0 Å². The quantitative estimate of drug-likeness (QED) is 0.490. The van der Waals surface area contributed by atoms with Crippen molar-refractivity contribution < 1.29 is 0 Å². The zero-order valence-electron chi connectivity index (χ0n) is 6.43. The molecule has 0 saturated carbocycles. The third-order valence-electron chi connectivity index (χ3n) is 2.41. The molecule has 1 aliphatic heterocycles. The molecule has 0 spiro atoms. The summed E-state index contributed by atoms with van der Waals surface area (Å²) in [6.07, 6.45) is 8.36. The molecule has 2 aliphatic rings. The van der Waals surface area contributed by atoms with E-state index in [9.17, 15) is 0 Å². The highest BCUT2D eigenvalue weighted by Gasteiger charge is 2.18. The molecule has 0 aromatic carbocycles. The van der Waals surface area contributed by atoms with E-state index in [0.717, 1.165) is 0 Å². The van der Waals surface area contributed by atoms with E-state index in [4.69, 9.17) is 0 Å². The molecule has 0 unspecified atom stereocenters. The first-order chi connectivity index (χ1) is 4.88. The van der Waals surface area contributed by atoms with Crippen molar-refractivity contribution in [3.63, 3.8) is 0 Å². The van der Waals surface area contributed by atoms with Crippen LogP contribution in [0.25, 0.3) is 0 Å². The van der Waals surface area contributed by atoms with Crippen molar-refractivity contribution >= 4 is 0 Å². The van der Waals surface area contributed by atoms with Crippen molar-refractivity contribution in [2.45, 2.75) is 19.3 Å². The third kappa shape index (κ3) is 0.772. The largest absolute Gasteiger partial charge is 0.377 e. The van der Waals surface area contributed by atoms with Crippen LogP contribution in [0.1, 0.15) is 19.3 Å². The Kier molecular flexibility index (Phi) is 1.30. The van der Waals surface area contributed by atoms with Crippen molar-refractivity contribution in [3.05, 3.63) is 23.4 Å². The molecule has 0 amide bonds. The fraction of sp³-hybridized carbons (Fsp3) is 0.556. The van der Waals surface area contributed by atoms with Gasteiger partial charge in [-0.05, 0) is 24.8 Å². The highest BCUT2D eigenvalue weighted by atomic mass is 15.1. The summed E-state index contributed by atoms with van der Waals surface area (Å²) in [4.78, 5) is 2.39. The lowest BCUT2D eigenvalue weighted by atomic mass is 10.0. The van der Waals surface area contributed by atoms with Crippen LogP contribution in [0.3, 0.4) is 0 Å². The summed E-state index contributed by atoms with van der Waals surface area (Å²) < 4.78 is 0. The van der Waals surface area contributed by atoms with Crippen LogP contribution in [0.4, 0.5) is 0 Å². The minimum Gasteiger partial charge on any atom is -0.377 e. The Hall–Kier alpha value is -0.720. The van der Waals surface area contributed by atoms with Gasteiger partial charge in [-0.1, -0.05) is 12.2 Å². The zero-order valence-corrected chi connectivity index (χ0v) is 6.43. The summed E-state index contributed by atoms with van der Waals surface area (Å²) in [7, 11) is 2.20. The minimum absolute atomic E-state index is 1.23. The van der Waals surface area contributed by atoms with E-state index in [-0.39, 0.29) is 0 Å². The summed E-state index contributed by atoms with van der Waals surface area (Å²) >= 11 is 0. The molecule has 0 saturated heterocycles. The van der Waals surface area contributed by atoms with Crippen molar-refractivity contribution in [1.82, 2.24) is 4.90 Å². The van der Waals surface area contributed by atoms with Crippen LogP contribution in [-0.4, -0.2) is 18.5 Å². The van der Waals surface area contributed by atoms with Crippen LogP contribution >= 0.6 is 0 Å². The second-order valence-electron chi connectivity index (χ2n) is 3.08. The number of hydrogen-bond acceptors (Lipinski definition) is 1. The summed E-state index contributed by atoms with van der Waals surface area (Å²) in [5.41, 5.74) is 3.16. The van der Waals surface area contributed by atoms with Gasteiger partial charge in [0.15, 0.2) is 0 Å². The molecule has 0 aromatic rings. The van der Waals surface area contributed by atoms with Gasteiger partial charge >= 0.3 is 0 Å². The highest BCUT2D eigenvalue weighted by Crippen LogP contribution is 2.29. The molecule has 1 aliphatic carbocycles. The number of allylic oxidation sites excluding steroid dienone is 3. The first-order valence-corrected chi connectivity index (χ1v) is 3.97. The van der Waals surface area contributed by atoms with Gasteiger partial charge in [0, 0.05) is 19.3 Å². The second kappa shape index (κ2) is 2.15. The fourth-order valence-corrected chi connectivity index (χ4v) is 1.79. The van der Waals surface area contributed by atoms with Gasteiger partial charge in [-0.3, -0.25) is 0 Å². The van der Waals surface area contributed by atoms with Gasteiger partial charge in [-0.25, -0.2) is 0 Å². The highest BCUT2D eigenvalue weighted by molar-refractivity contribution is 5.32. The molecule has 0 fully saturated rings. The van der Waals surface area contributed by atoms with Crippen LogP contribution in [0.15, 0.2) is 23.4 Å². The van der Waals surface area contributed by atoms with Crippen molar-refractivity contribution in [2.75, 3.05) is 13.6 Å². The van der Waals surface area contributed by atoms with Gasteiger partial charge < -0.3 is 4.90 Å². The molecule has 54 valence electrons. The molecule has 1 heterocycles. The summed E-state index contributed by atoms with van der Waals surface area (Å²) in [6.45, 7) is 1.23. The number of hydrogen-bond donors (Lipinski definition) is 0. The molecule has 0 aromatic heterocycles. The summed E-state index contributed by atoms with van der Waals surface area (Å²) in [5.74, 6) is 0. The zero-order chi connectivity index (χ0) is 6.97. The maximum Gasteiger partial charge on any atom is 0.0213 e. The Morgan fingerprint density at radius 1 is 1.40 bits per heavy atom. The standard InChI is InChI=1S/C9H13N/c1-10-7-6-8-4-2-3-5-9(8)10/h2,4H,3,5-7H2,1H3. The number of nitrogens with zero attached hydrogens (tertiary/aromatic N) is 1. The molecule has 1 nitrogen and oxygen atoms in total. The van der Waals surface area contributed by atoms with Crippen LogP contribution in [0.5, 0.6) is 0 Å². The van der Waals surface area contributed by atoms with E-state index in [1.807, 2.05) is 0 Å². The SMILES string of the molecule is CN1CCC2=C1CCC=C2. The lowest BCUT2D eigenvalue weighted by Gasteiger charge is -2.17. The van der Waals surface area contributed by atoms with Gasteiger partial charge in [0.1, 0.15) is 0 Å². The second-order valence-corrected chi connectivity index (χ2v) is 3.08. The normalized spacial score (nSPS) is 23.9. The first kappa shape index (κ1) is 6.02. The minimum atomic E-state index is 1.23. The monoisotopic (exact) mass is 135 g/mol. The third-order valence-corrected chi connectivity index (χ3v) is 2.41. The predicted octanol–water partition coefficient (Wildman–Crippen LogP) is 1.93. The Bertz CT molecular complexity index is 201. The molecular weight excluding hydrogens is 122 g/mol. The summed E-state index contributed by atoms with van der Waals surface area (Å²) in [5, 5.41) is 0. The molecule has 0 bridgehead atoms. The Morgan fingerprint density at radius 2 is 2.30 bits per heavy atom. The van der Waals surface area contributed by atoms with Crippen LogP contribution in [0.2, 0.25) is 0 Å². The lowest BCUT2D eigenvalue weighted by molar-refractivity contribution is 0.442. The van der Waals surface area contributed by atoms with Gasteiger partial charge in [-0.2, -0.15) is 0 Å². The molecule has 10 heavy (non-hydrogen) atoms.